The highest BCUT2D eigenvalue weighted by Crippen LogP contribution is 2.59. The molecule has 14 aromatic rings. The molecule has 0 radical (unpaired) electrons. The maximum Gasteiger partial charge on any atom is 0.159 e. The summed E-state index contributed by atoms with van der Waals surface area (Å²) in [5, 5.41) is 6.59. The number of benzene rings is 11. The van der Waals surface area contributed by atoms with E-state index in [9.17, 15) is 0 Å². The van der Waals surface area contributed by atoms with Crippen LogP contribution >= 0.6 is 0 Å². The maximum absolute atomic E-state index is 7.45. The second kappa shape index (κ2) is 15.3. The van der Waals surface area contributed by atoms with Crippen LogP contribution in [-0.2, 0) is 5.41 Å². The fourth-order valence-corrected chi connectivity index (χ4v) is 11.9. The van der Waals surface area contributed by atoms with Gasteiger partial charge in [0.1, 0.15) is 27.9 Å². The minimum absolute atomic E-state index is 0.542. The topological polar surface area (TPSA) is 42.7 Å². The van der Waals surface area contributed by atoms with Gasteiger partial charge < -0.3 is 18.2 Å². The molecule has 0 unspecified atom stereocenters. The predicted molar refractivity (Wildman–Crippen MR) is 291 cm³/mol. The molecule has 71 heavy (non-hydrogen) atoms. The molecule has 0 aliphatic heterocycles. The van der Waals surface area contributed by atoms with E-state index in [4.69, 9.17) is 13.3 Å². The first-order valence-corrected chi connectivity index (χ1v) is 24.2. The van der Waals surface area contributed by atoms with Crippen molar-refractivity contribution < 1.29 is 13.3 Å². The summed E-state index contributed by atoms with van der Waals surface area (Å²) in [6, 6.07) is 88.9. The second-order valence-electron chi connectivity index (χ2n) is 18.6. The van der Waals surface area contributed by atoms with Gasteiger partial charge in [-0.05, 0) is 81.4 Å². The summed E-state index contributed by atoms with van der Waals surface area (Å²) >= 11 is 0. The van der Waals surface area contributed by atoms with Crippen molar-refractivity contribution in [3.05, 3.63) is 271 Å². The van der Waals surface area contributed by atoms with Crippen molar-refractivity contribution in [2.24, 2.45) is 0 Å². The number of para-hydroxylation sites is 5. The lowest BCUT2D eigenvalue weighted by molar-refractivity contribution is 0.669. The van der Waals surface area contributed by atoms with Crippen molar-refractivity contribution in [1.82, 2.24) is 0 Å². The first kappa shape index (κ1) is 39.6. The second-order valence-corrected chi connectivity index (χ2v) is 18.6. The van der Waals surface area contributed by atoms with Gasteiger partial charge in [-0.15, -0.1) is 0 Å². The van der Waals surface area contributed by atoms with Gasteiger partial charge in [-0.1, -0.05) is 206 Å². The molecule has 0 amide bonds. The van der Waals surface area contributed by atoms with Crippen LogP contribution in [0, 0.1) is 0 Å². The summed E-state index contributed by atoms with van der Waals surface area (Å²) in [6.45, 7) is 0. The molecule has 0 fully saturated rings. The van der Waals surface area contributed by atoms with Crippen LogP contribution < -0.4 is 4.90 Å². The third kappa shape index (κ3) is 5.73. The fraction of sp³-hybridized carbons (Fsp3) is 0.0149. The van der Waals surface area contributed by atoms with Gasteiger partial charge in [0.15, 0.2) is 5.58 Å². The summed E-state index contributed by atoms with van der Waals surface area (Å²) in [5.74, 6) is 0. The van der Waals surface area contributed by atoms with E-state index in [1.165, 1.54) is 27.8 Å². The molecule has 0 atom stereocenters. The van der Waals surface area contributed by atoms with E-state index < -0.39 is 5.41 Å². The molecule has 332 valence electrons. The zero-order valence-electron chi connectivity index (χ0n) is 38.3. The summed E-state index contributed by atoms with van der Waals surface area (Å²) in [5.41, 5.74) is 19.1. The van der Waals surface area contributed by atoms with E-state index in [0.29, 0.717) is 0 Å². The van der Waals surface area contributed by atoms with Crippen LogP contribution in [0.15, 0.2) is 262 Å². The van der Waals surface area contributed by atoms with Gasteiger partial charge in [0.05, 0.1) is 11.1 Å². The molecular formula is C67H41NO3. The van der Waals surface area contributed by atoms with E-state index in [1.54, 1.807) is 0 Å². The average molecular weight is 908 g/mol. The molecule has 1 aliphatic rings. The van der Waals surface area contributed by atoms with Crippen LogP contribution in [-0.4, -0.2) is 0 Å². The largest absolute Gasteiger partial charge is 0.455 e. The molecule has 4 nitrogen and oxygen atoms in total. The highest BCUT2D eigenvalue weighted by Gasteiger charge is 2.47. The highest BCUT2D eigenvalue weighted by molar-refractivity contribution is 6.16. The highest BCUT2D eigenvalue weighted by atomic mass is 16.3. The van der Waals surface area contributed by atoms with Crippen molar-refractivity contribution in [2.75, 3.05) is 4.90 Å². The number of hydrogen-bond donors (Lipinski definition) is 0. The number of nitrogens with zero attached hydrogens (tertiary/aromatic N) is 1. The molecule has 0 saturated heterocycles. The molecule has 11 aromatic carbocycles. The van der Waals surface area contributed by atoms with Crippen LogP contribution in [0.1, 0.15) is 22.3 Å². The van der Waals surface area contributed by atoms with Gasteiger partial charge in [0.25, 0.3) is 0 Å². The number of hydrogen-bond acceptors (Lipinski definition) is 4. The monoisotopic (exact) mass is 907 g/mol. The molecule has 1 aliphatic carbocycles. The Morgan fingerprint density at radius 3 is 1.31 bits per heavy atom. The lowest BCUT2D eigenvalue weighted by Crippen LogP contribution is -2.28. The average Bonchev–Trinajstić information content (AvgIpc) is 4.21. The van der Waals surface area contributed by atoms with E-state index in [2.05, 4.69) is 229 Å². The van der Waals surface area contributed by atoms with Crippen LogP contribution in [0.5, 0.6) is 0 Å². The van der Waals surface area contributed by atoms with Crippen LogP contribution in [0.25, 0.3) is 99.2 Å². The Kier molecular flexibility index (Phi) is 8.54. The summed E-state index contributed by atoms with van der Waals surface area (Å²) in [6.07, 6.45) is 0. The molecule has 0 N–H and O–H groups in total. The Morgan fingerprint density at radius 2 is 0.732 bits per heavy atom. The Morgan fingerprint density at radius 1 is 0.282 bits per heavy atom. The van der Waals surface area contributed by atoms with E-state index in [1.807, 2.05) is 24.3 Å². The molecule has 3 heterocycles. The molecule has 0 bridgehead atoms. The van der Waals surface area contributed by atoms with Crippen LogP contribution in [0.3, 0.4) is 0 Å². The lowest BCUT2D eigenvalue weighted by atomic mass is 9.68. The smallest absolute Gasteiger partial charge is 0.159 e. The molecule has 15 rings (SSSR count). The minimum atomic E-state index is -0.542. The van der Waals surface area contributed by atoms with Gasteiger partial charge in [-0.2, -0.15) is 0 Å². The third-order valence-corrected chi connectivity index (χ3v) is 15.0. The Bertz CT molecular complexity index is 4190. The van der Waals surface area contributed by atoms with Gasteiger partial charge in [-0.25, -0.2) is 0 Å². The Labute approximate surface area is 408 Å². The number of furan rings is 3. The standard InChI is InChI=1S/C67H41NO3/c1-3-16-44(17-4-1)67(45-18-5-2-6-19-45)57-28-10-7-22-56(57)62-58(67)41-40-55-54-27-15-29-59(65(54)71-66(55)62)68(46-36-32-42(33-37-46)48-23-13-25-52-50-20-8-11-30-60(50)69-63(48)52)47-38-34-43(35-39-47)49-24-14-26-53-51-21-9-12-31-61(51)70-64(49)53/h1-41H. The number of anilines is 3. The normalized spacial score (nSPS) is 12.9. The minimum Gasteiger partial charge on any atom is -0.455 e. The number of fused-ring (bicyclic) bond motifs is 13. The van der Waals surface area contributed by atoms with Crippen molar-refractivity contribution >= 4 is 82.9 Å². The van der Waals surface area contributed by atoms with Crippen molar-refractivity contribution in [2.45, 2.75) is 5.41 Å². The van der Waals surface area contributed by atoms with Crippen LogP contribution in [0.2, 0.25) is 0 Å². The van der Waals surface area contributed by atoms with Crippen molar-refractivity contribution in [3.8, 4) is 33.4 Å². The van der Waals surface area contributed by atoms with Gasteiger partial charge in [-0.3, -0.25) is 0 Å². The zero-order chi connectivity index (χ0) is 46.6. The molecule has 3 aromatic heterocycles. The van der Waals surface area contributed by atoms with Crippen LogP contribution in [0.4, 0.5) is 17.1 Å². The SMILES string of the molecule is c1ccc(C2(c3ccccc3)c3ccccc3-c3c2ccc2c3oc3c(N(c4ccc(-c5cccc6c5oc5ccccc56)cc4)c4ccc(-c5cccc6c5oc5ccccc56)cc4)cccc32)cc1. The van der Waals surface area contributed by atoms with Gasteiger partial charge in [0, 0.05) is 60.4 Å². The number of rotatable bonds is 7. The summed E-state index contributed by atoms with van der Waals surface area (Å²) in [4.78, 5) is 2.33. The fourth-order valence-electron chi connectivity index (χ4n) is 11.9. The maximum atomic E-state index is 7.45. The molecule has 0 saturated carbocycles. The zero-order valence-corrected chi connectivity index (χ0v) is 38.3. The van der Waals surface area contributed by atoms with Crippen molar-refractivity contribution in [1.29, 1.82) is 0 Å². The van der Waals surface area contributed by atoms with E-state index >= 15 is 0 Å². The molecule has 4 heteroatoms. The molecule has 0 spiro atoms. The lowest BCUT2D eigenvalue weighted by Gasteiger charge is -2.33. The van der Waals surface area contributed by atoms with E-state index in [0.717, 1.165) is 111 Å². The molecular weight excluding hydrogens is 867 g/mol. The summed E-state index contributed by atoms with van der Waals surface area (Å²) < 4.78 is 20.5. The summed E-state index contributed by atoms with van der Waals surface area (Å²) in [7, 11) is 0. The first-order chi connectivity index (χ1) is 35.2. The predicted octanol–water partition coefficient (Wildman–Crippen LogP) is 18.6. The third-order valence-electron chi connectivity index (χ3n) is 15.0. The first-order valence-electron chi connectivity index (χ1n) is 24.2. The Balaban J connectivity index is 0.930. The van der Waals surface area contributed by atoms with E-state index in [-0.39, 0.29) is 0 Å². The van der Waals surface area contributed by atoms with Gasteiger partial charge >= 0.3 is 0 Å². The quantitative estimate of drug-likeness (QED) is 0.160. The Hall–Kier alpha value is -9.38. The van der Waals surface area contributed by atoms with Crippen molar-refractivity contribution in [3.63, 3.8) is 0 Å². The van der Waals surface area contributed by atoms with Gasteiger partial charge in [0.2, 0.25) is 0 Å².